The largest absolute Gasteiger partial charge is 0.456 e. The topological polar surface area (TPSA) is 16.4 Å². The van der Waals surface area contributed by atoms with Gasteiger partial charge < -0.3 is 9.32 Å². The predicted octanol–water partition coefficient (Wildman–Crippen LogP) is 18.2. The molecule has 0 saturated carbocycles. The zero-order chi connectivity index (χ0) is 43.8. The van der Waals surface area contributed by atoms with Crippen LogP contribution in [0.5, 0.6) is 0 Å². The Balaban J connectivity index is 1.05. The van der Waals surface area contributed by atoms with Crippen molar-refractivity contribution >= 4 is 49.8 Å². The fourth-order valence-corrected chi connectivity index (χ4v) is 9.63. The molecule has 0 N–H and O–H groups in total. The van der Waals surface area contributed by atoms with Crippen LogP contribution in [0, 0.1) is 0 Å². The highest BCUT2D eigenvalue weighted by atomic mass is 16.3. The fourth-order valence-electron chi connectivity index (χ4n) is 9.63. The van der Waals surface area contributed by atoms with Gasteiger partial charge in [-0.05, 0) is 133 Å². The lowest BCUT2D eigenvalue weighted by Crippen LogP contribution is -2.11. The normalized spacial score (nSPS) is 11.3. The second-order valence-electron chi connectivity index (χ2n) is 16.9. The van der Waals surface area contributed by atoms with Crippen molar-refractivity contribution in [3.05, 3.63) is 261 Å². The molecule has 0 aliphatic rings. The molecule has 0 spiro atoms. The van der Waals surface area contributed by atoms with E-state index < -0.39 is 0 Å². The fraction of sp³-hybridized carbons (Fsp3) is 0. The highest BCUT2D eigenvalue weighted by Crippen LogP contribution is 2.47. The molecule has 2 heteroatoms. The smallest absolute Gasteiger partial charge is 0.136 e. The van der Waals surface area contributed by atoms with Crippen LogP contribution in [0.15, 0.2) is 265 Å². The molecule has 0 fully saturated rings. The summed E-state index contributed by atoms with van der Waals surface area (Å²) < 4.78 is 6.32. The first-order valence-electron chi connectivity index (χ1n) is 22.6. The van der Waals surface area contributed by atoms with E-state index in [0.717, 1.165) is 72.4 Å². The van der Waals surface area contributed by atoms with Crippen molar-refractivity contribution < 1.29 is 4.42 Å². The third-order valence-corrected chi connectivity index (χ3v) is 12.9. The summed E-state index contributed by atoms with van der Waals surface area (Å²) in [5, 5.41) is 4.72. The van der Waals surface area contributed by atoms with E-state index in [-0.39, 0.29) is 0 Å². The third kappa shape index (κ3) is 7.21. The summed E-state index contributed by atoms with van der Waals surface area (Å²) in [6, 6.07) is 94.1. The first-order chi connectivity index (χ1) is 32.7. The number of anilines is 3. The van der Waals surface area contributed by atoms with Crippen molar-refractivity contribution in [2.45, 2.75) is 0 Å². The van der Waals surface area contributed by atoms with Crippen molar-refractivity contribution in [3.8, 4) is 66.8 Å². The molecule has 0 saturated heterocycles. The van der Waals surface area contributed by atoms with Crippen molar-refractivity contribution in [1.29, 1.82) is 0 Å². The number of nitrogens with zero attached hydrogens (tertiary/aromatic N) is 1. The third-order valence-electron chi connectivity index (χ3n) is 12.9. The summed E-state index contributed by atoms with van der Waals surface area (Å²) >= 11 is 0. The minimum absolute atomic E-state index is 0.890. The Labute approximate surface area is 384 Å². The number of rotatable bonds is 9. The molecule has 12 aromatic rings. The molecule has 1 heterocycles. The molecule has 310 valence electrons. The molecule has 0 unspecified atom stereocenters. The Hall–Kier alpha value is -8.72. The minimum atomic E-state index is 0.890. The molecular formula is C64H43NO. The van der Waals surface area contributed by atoms with Gasteiger partial charge in [0.25, 0.3) is 0 Å². The minimum Gasteiger partial charge on any atom is -0.456 e. The maximum absolute atomic E-state index is 6.32. The first-order valence-corrected chi connectivity index (χ1v) is 22.6. The van der Waals surface area contributed by atoms with Gasteiger partial charge in [-0.1, -0.05) is 200 Å². The van der Waals surface area contributed by atoms with E-state index in [1.807, 2.05) is 12.1 Å². The van der Waals surface area contributed by atoms with Gasteiger partial charge in [0.1, 0.15) is 11.2 Å². The van der Waals surface area contributed by atoms with E-state index in [2.05, 4.69) is 254 Å². The van der Waals surface area contributed by atoms with Crippen LogP contribution in [-0.2, 0) is 0 Å². The van der Waals surface area contributed by atoms with Crippen molar-refractivity contribution in [1.82, 2.24) is 0 Å². The van der Waals surface area contributed by atoms with Gasteiger partial charge >= 0.3 is 0 Å². The number of benzene rings is 11. The number of hydrogen-bond donors (Lipinski definition) is 0. The van der Waals surface area contributed by atoms with Gasteiger partial charge in [0, 0.05) is 27.7 Å². The lowest BCUT2D eigenvalue weighted by Gasteiger charge is -2.29. The van der Waals surface area contributed by atoms with E-state index in [9.17, 15) is 0 Å². The molecule has 12 rings (SSSR count). The van der Waals surface area contributed by atoms with Crippen LogP contribution in [-0.4, -0.2) is 0 Å². The van der Waals surface area contributed by atoms with E-state index in [4.69, 9.17) is 4.42 Å². The van der Waals surface area contributed by atoms with Crippen molar-refractivity contribution in [2.24, 2.45) is 0 Å². The summed E-state index contributed by atoms with van der Waals surface area (Å²) in [4.78, 5) is 2.42. The maximum Gasteiger partial charge on any atom is 0.136 e. The zero-order valence-electron chi connectivity index (χ0n) is 36.2. The summed E-state index contributed by atoms with van der Waals surface area (Å²) in [6.45, 7) is 0. The van der Waals surface area contributed by atoms with Crippen LogP contribution < -0.4 is 4.90 Å². The lowest BCUT2D eigenvalue weighted by atomic mass is 9.86. The van der Waals surface area contributed by atoms with Gasteiger partial charge in [0.2, 0.25) is 0 Å². The van der Waals surface area contributed by atoms with Crippen molar-refractivity contribution in [3.63, 3.8) is 0 Å². The molecule has 0 bridgehead atoms. The lowest BCUT2D eigenvalue weighted by molar-refractivity contribution is 0.669. The van der Waals surface area contributed by atoms with Crippen LogP contribution in [0.1, 0.15) is 0 Å². The molecule has 11 aromatic carbocycles. The van der Waals surface area contributed by atoms with Crippen LogP contribution in [0.3, 0.4) is 0 Å². The van der Waals surface area contributed by atoms with E-state index in [0.29, 0.717) is 0 Å². The zero-order valence-corrected chi connectivity index (χ0v) is 36.2. The van der Waals surface area contributed by atoms with Crippen molar-refractivity contribution in [2.75, 3.05) is 4.90 Å². The molecule has 0 aliphatic heterocycles. The molecular weight excluding hydrogens is 799 g/mol. The number of para-hydroxylation sites is 2. The highest BCUT2D eigenvalue weighted by molar-refractivity contribution is 6.06. The Bertz CT molecular complexity index is 3700. The Morgan fingerprint density at radius 2 is 0.788 bits per heavy atom. The molecule has 0 radical (unpaired) electrons. The standard InChI is InChI=1S/C64H43NO/c1-3-16-44(17-4-1)51-34-38-57(56-25-10-9-24-55(56)47-19-5-2-6-20-47)61(42-51)58-26-11-13-28-62(58)65(54-23-15-22-49(41-54)50-31-30-45-18-7-8-21-48(45)40-50)53-36-32-46(33-37-53)52-35-39-60-59-27-12-14-29-63(59)66-64(60)43-52/h1-43H. The SMILES string of the molecule is c1ccc(-c2ccc(-c3ccccc3-c3ccccc3)c(-c3ccccc3N(c3ccc(-c4ccc5c(c4)oc4ccccc45)cc3)c3cccc(-c4ccc5ccccc5c4)c3)c2)cc1. The molecule has 0 atom stereocenters. The second-order valence-corrected chi connectivity index (χ2v) is 16.9. The predicted molar refractivity (Wildman–Crippen MR) is 279 cm³/mol. The molecule has 0 aliphatic carbocycles. The summed E-state index contributed by atoms with van der Waals surface area (Å²) in [5.41, 5.74) is 18.9. The summed E-state index contributed by atoms with van der Waals surface area (Å²) in [5.74, 6) is 0. The summed E-state index contributed by atoms with van der Waals surface area (Å²) in [7, 11) is 0. The van der Waals surface area contributed by atoms with Crippen LogP contribution >= 0.6 is 0 Å². The van der Waals surface area contributed by atoms with Gasteiger partial charge in [0.05, 0.1) is 5.69 Å². The molecule has 0 amide bonds. The van der Waals surface area contributed by atoms with E-state index >= 15 is 0 Å². The van der Waals surface area contributed by atoms with E-state index in [1.165, 1.54) is 44.2 Å². The Kier molecular flexibility index (Phi) is 9.89. The average Bonchev–Trinajstić information content (AvgIpc) is 3.77. The Morgan fingerprint density at radius 1 is 0.242 bits per heavy atom. The first kappa shape index (κ1) is 38.9. The van der Waals surface area contributed by atoms with Gasteiger partial charge in [-0.25, -0.2) is 0 Å². The van der Waals surface area contributed by atoms with Crippen LogP contribution in [0.4, 0.5) is 17.1 Å². The van der Waals surface area contributed by atoms with Crippen LogP contribution in [0.25, 0.3) is 99.5 Å². The quantitative estimate of drug-likeness (QED) is 0.144. The summed E-state index contributed by atoms with van der Waals surface area (Å²) in [6.07, 6.45) is 0. The monoisotopic (exact) mass is 841 g/mol. The number of hydrogen-bond acceptors (Lipinski definition) is 2. The molecule has 2 nitrogen and oxygen atoms in total. The van der Waals surface area contributed by atoms with E-state index in [1.54, 1.807) is 0 Å². The second kappa shape index (κ2) is 16.8. The Morgan fingerprint density at radius 3 is 1.62 bits per heavy atom. The molecule has 1 aromatic heterocycles. The average molecular weight is 842 g/mol. The number of fused-ring (bicyclic) bond motifs is 4. The highest BCUT2D eigenvalue weighted by Gasteiger charge is 2.22. The number of furan rings is 1. The maximum atomic E-state index is 6.32. The van der Waals surface area contributed by atoms with Gasteiger partial charge in [0.15, 0.2) is 0 Å². The van der Waals surface area contributed by atoms with Gasteiger partial charge in [-0.15, -0.1) is 0 Å². The molecule has 66 heavy (non-hydrogen) atoms. The van der Waals surface area contributed by atoms with Gasteiger partial charge in [-0.2, -0.15) is 0 Å². The van der Waals surface area contributed by atoms with Crippen LogP contribution in [0.2, 0.25) is 0 Å². The van der Waals surface area contributed by atoms with Gasteiger partial charge in [-0.3, -0.25) is 0 Å².